The summed E-state index contributed by atoms with van der Waals surface area (Å²) in [5.74, 6) is 0. The fraction of sp³-hybridized carbons (Fsp3) is 0.143. The number of benzene rings is 2. The van der Waals surface area contributed by atoms with E-state index in [0.717, 1.165) is 0 Å². The summed E-state index contributed by atoms with van der Waals surface area (Å²) >= 11 is 3.22. The number of nitro benzene ring substituents is 1. The van der Waals surface area contributed by atoms with E-state index in [0.29, 0.717) is 10.2 Å². The Bertz CT molecular complexity index is 811. The zero-order valence-corrected chi connectivity index (χ0v) is 14.3. The SMILES string of the molecule is O=[N+]([O-])c1ccccc1NCCNS(=O)(=O)c1cccc(Br)c1. The molecule has 0 aromatic heterocycles. The summed E-state index contributed by atoms with van der Waals surface area (Å²) in [5, 5.41) is 13.7. The minimum absolute atomic E-state index is 0.0534. The molecule has 0 amide bonds. The molecular formula is C14H14BrN3O4S. The van der Waals surface area contributed by atoms with Crippen LogP contribution >= 0.6 is 15.9 Å². The van der Waals surface area contributed by atoms with Crippen LogP contribution in [-0.2, 0) is 10.0 Å². The molecule has 0 aliphatic rings. The monoisotopic (exact) mass is 399 g/mol. The van der Waals surface area contributed by atoms with Crippen LogP contribution in [0.4, 0.5) is 11.4 Å². The second-order valence-electron chi connectivity index (χ2n) is 4.56. The number of anilines is 1. The molecule has 0 aliphatic heterocycles. The Balaban J connectivity index is 1.94. The number of rotatable bonds is 7. The zero-order chi connectivity index (χ0) is 16.9. The van der Waals surface area contributed by atoms with Gasteiger partial charge < -0.3 is 5.32 Å². The van der Waals surface area contributed by atoms with E-state index in [2.05, 4.69) is 26.0 Å². The Morgan fingerprint density at radius 2 is 1.83 bits per heavy atom. The first kappa shape index (κ1) is 17.4. The van der Waals surface area contributed by atoms with Crippen LogP contribution in [0.2, 0.25) is 0 Å². The lowest BCUT2D eigenvalue weighted by molar-refractivity contribution is -0.384. The Kier molecular flexibility index (Phi) is 5.69. The molecule has 0 unspecified atom stereocenters. The Morgan fingerprint density at radius 3 is 2.52 bits per heavy atom. The molecule has 0 saturated carbocycles. The largest absolute Gasteiger partial charge is 0.378 e. The van der Waals surface area contributed by atoms with Crippen molar-refractivity contribution in [2.24, 2.45) is 0 Å². The van der Waals surface area contributed by atoms with Crippen molar-refractivity contribution in [2.75, 3.05) is 18.4 Å². The average molecular weight is 400 g/mol. The topological polar surface area (TPSA) is 101 Å². The first-order valence-corrected chi connectivity index (χ1v) is 8.90. The maximum absolute atomic E-state index is 12.1. The minimum atomic E-state index is -3.62. The molecule has 2 rings (SSSR count). The highest BCUT2D eigenvalue weighted by atomic mass is 79.9. The predicted molar refractivity (Wildman–Crippen MR) is 90.9 cm³/mol. The van der Waals surface area contributed by atoms with Gasteiger partial charge in [0.25, 0.3) is 5.69 Å². The van der Waals surface area contributed by atoms with Gasteiger partial charge in [0, 0.05) is 23.6 Å². The summed E-state index contributed by atoms with van der Waals surface area (Å²) in [4.78, 5) is 10.5. The van der Waals surface area contributed by atoms with E-state index in [4.69, 9.17) is 0 Å². The summed E-state index contributed by atoms with van der Waals surface area (Å²) < 4.78 is 27.3. The highest BCUT2D eigenvalue weighted by Gasteiger charge is 2.14. The van der Waals surface area contributed by atoms with E-state index >= 15 is 0 Å². The third-order valence-corrected chi connectivity index (χ3v) is 4.89. The molecule has 9 heteroatoms. The van der Waals surface area contributed by atoms with Gasteiger partial charge in [-0.2, -0.15) is 0 Å². The molecule has 0 bridgehead atoms. The summed E-state index contributed by atoms with van der Waals surface area (Å²) in [6.45, 7) is 0.318. The molecular weight excluding hydrogens is 386 g/mol. The summed E-state index contributed by atoms with van der Waals surface area (Å²) in [6.07, 6.45) is 0. The highest BCUT2D eigenvalue weighted by molar-refractivity contribution is 9.10. The Morgan fingerprint density at radius 1 is 1.09 bits per heavy atom. The van der Waals surface area contributed by atoms with E-state index < -0.39 is 14.9 Å². The fourth-order valence-electron chi connectivity index (χ4n) is 1.88. The lowest BCUT2D eigenvalue weighted by Crippen LogP contribution is -2.29. The molecule has 7 nitrogen and oxygen atoms in total. The Hall–Kier alpha value is -1.97. The number of nitrogens with zero attached hydrogens (tertiary/aromatic N) is 1. The van der Waals surface area contributed by atoms with Crippen molar-refractivity contribution in [1.82, 2.24) is 4.72 Å². The van der Waals surface area contributed by atoms with Gasteiger partial charge in [0.2, 0.25) is 10.0 Å². The van der Waals surface area contributed by atoms with Crippen molar-refractivity contribution >= 4 is 37.3 Å². The molecule has 0 aliphatic carbocycles. The maximum Gasteiger partial charge on any atom is 0.292 e. The zero-order valence-electron chi connectivity index (χ0n) is 11.9. The molecule has 0 heterocycles. The number of para-hydroxylation sites is 2. The molecule has 0 saturated heterocycles. The van der Waals surface area contributed by atoms with Gasteiger partial charge >= 0.3 is 0 Å². The van der Waals surface area contributed by atoms with Gasteiger partial charge in [-0.3, -0.25) is 10.1 Å². The quantitative estimate of drug-likeness (QED) is 0.423. The van der Waals surface area contributed by atoms with E-state index in [1.165, 1.54) is 18.2 Å². The van der Waals surface area contributed by atoms with Crippen molar-refractivity contribution in [3.05, 3.63) is 63.1 Å². The average Bonchev–Trinajstić information content (AvgIpc) is 2.52. The highest BCUT2D eigenvalue weighted by Crippen LogP contribution is 2.22. The van der Waals surface area contributed by atoms with Crippen LogP contribution in [0.3, 0.4) is 0 Å². The van der Waals surface area contributed by atoms with Gasteiger partial charge in [0.15, 0.2) is 0 Å². The minimum Gasteiger partial charge on any atom is -0.378 e. The van der Waals surface area contributed by atoms with E-state index in [1.54, 1.807) is 30.3 Å². The second-order valence-corrected chi connectivity index (χ2v) is 7.24. The number of halogens is 1. The number of hydrogen-bond donors (Lipinski definition) is 2. The van der Waals surface area contributed by atoms with Crippen molar-refractivity contribution < 1.29 is 13.3 Å². The third-order valence-electron chi connectivity index (χ3n) is 2.94. The van der Waals surface area contributed by atoms with E-state index in [1.807, 2.05) is 0 Å². The molecule has 2 aromatic rings. The van der Waals surface area contributed by atoms with Crippen molar-refractivity contribution in [3.8, 4) is 0 Å². The molecule has 0 spiro atoms. The van der Waals surface area contributed by atoms with Crippen LogP contribution in [0, 0.1) is 10.1 Å². The lowest BCUT2D eigenvalue weighted by atomic mass is 10.2. The lowest BCUT2D eigenvalue weighted by Gasteiger charge is -2.09. The van der Waals surface area contributed by atoms with E-state index in [-0.39, 0.29) is 23.7 Å². The Labute approximate surface area is 142 Å². The van der Waals surface area contributed by atoms with Gasteiger partial charge in [-0.05, 0) is 24.3 Å². The summed E-state index contributed by atoms with van der Waals surface area (Å²) in [6, 6.07) is 12.5. The van der Waals surface area contributed by atoms with Crippen LogP contribution in [0.25, 0.3) is 0 Å². The van der Waals surface area contributed by atoms with Gasteiger partial charge in [-0.1, -0.05) is 34.1 Å². The molecule has 122 valence electrons. The molecule has 2 aromatic carbocycles. The van der Waals surface area contributed by atoms with Crippen molar-refractivity contribution in [2.45, 2.75) is 4.90 Å². The van der Waals surface area contributed by atoms with Crippen LogP contribution in [0.1, 0.15) is 0 Å². The summed E-state index contributed by atoms with van der Waals surface area (Å²) in [7, 11) is -3.62. The second kappa shape index (κ2) is 7.53. The number of hydrogen-bond acceptors (Lipinski definition) is 5. The van der Waals surface area contributed by atoms with Crippen LogP contribution < -0.4 is 10.0 Å². The molecule has 23 heavy (non-hydrogen) atoms. The van der Waals surface area contributed by atoms with Crippen LogP contribution in [0.5, 0.6) is 0 Å². The number of nitro groups is 1. The number of nitrogens with one attached hydrogen (secondary N) is 2. The molecule has 2 N–H and O–H groups in total. The maximum atomic E-state index is 12.1. The standard InChI is InChI=1S/C14H14BrN3O4S/c15-11-4-3-5-12(10-11)23(21,22)17-9-8-16-13-6-1-2-7-14(13)18(19)20/h1-7,10,16-17H,8-9H2. The first-order valence-electron chi connectivity index (χ1n) is 6.63. The van der Waals surface area contributed by atoms with Crippen molar-refractivity contribution in [3.63, 3.8) is 0 Å². The first-order chi connectivity index (χ1) is 10.9. The summed E-state index contributed by atoms with van der Waals surface area (Å²) in [5.41, 5.74) is 0.293. The van der Waals surface area contributed by atoms with Crippen molar-refractivity contribution in [1.29, 1.82) is 0 Å². The van der Waals surface area contributed by atoms with E-state index in [9.17, 15) is 18.5 Å². The predicted octanol–water partition coefficient (Wildman–Crippen LogP) is 2.75. The molecule has 0 atom stereocenters. The third kappa shape index (κ3) is 4.75. The smallest absolute Gasteiger partial charge is 0.292 e. The number of sulfonamides is 1. The van der Waals surface area contributed by atoms with Crippen LogP contribution in [0.15, 0.2) is 57.9 Å². The fourth-order valence-corrected chi connectivity index (χ4v) is 3.51. The van der Waals surface area contributed by atoms with Gasteiger partial charge in [0.1, 0.15) is 5.69 Å². The normalized spacial score (nSPS) is 11.2. The molecule has 0 radical (unpaired) electrons. The van der Waals surface area contributed by atoms with Crippen LogP contribution in [-0.4, -0.2) is 26.4 Å². The van der Waals surface area contributed by atoms with Gasteiger partial charge in [-0.15, -0.1) is 0 Å². The van der Waals surface area contributed by atoms with Gasteiger partial charge in [0.05, 0.1) is 9.82 Å². The molecule has 0 fully saturated rings. The van der Waals surface area contributed by atoms with Gasteiger partial charge in [-0.25, -0.2) is 13.1 Å².